The number of rotatable bonds is 4. The van der Waals surface area contributed by atoms with E-state index in [0.717, 1.165) is 48.1 Å². The highest BCUT2D eigenvalue weighted by atomic mass is 35.5. The van der Waals surface area contributed by atoms with Gasteiger partial charge in [0.1, 0.15) is 5.69 Å². The van der Waals surface area contributed by atoms with Crippen LogP contribution in [0.3, 0.4) is 0 Å². The smallest absolute Gasteiger partial charge is 0.270 e. The van der Waals surface area contributed by atoms with E-state index in [1.54, 1.807) is 17.0 Å². The number of nitrogens with zero attached hydrogens (tertiary/aromatic N) is 1. The summed E-state index contributed by atoms with van der Waals surface area (Å²) in [4.78, 5) is 30.1. The van der Waals surface area contributed by atoms with Crippen LogP contribution in [0.25, 0.3) is 10.9 Å². The molecule has 3 aromatic rings. The molecule has 1 aliphatic heterocycles. The lowest BCUT2D eigenvalue weighted by Crippen LogP contribution is -2.53. The van der Waals surface area contributed by atoms with Crippen LogP contribution in [-0.4, -0.2) is 41.8 Å². The Hall–Kier alpha value is -2.25. The van der Waals surface area contributed by atoms with Crippen molar-refractivity contribution >= 4 is 64.0 Å². The van der Waals surface area contributed by atoms with Gasteiger partial charge >= 0.3 is 0 Å². The van der Waals surface area contributed by atoms with Crippen LogP contribution >= 0.6 is 35.6 Å². The van der Waals surface area contributed by atoms with Gasteiger partial charge in [-0.15, -0.1) is 12.4 Å². The Balaban J connectivity index is 0.00000289. The van der Waals surface area contributed by atoms with Gasteiger partial charge < -0.3 is 20.5 Å². The van der Waals surface area contributed by atoms with Gasteiger partial charge in [-0.25, -0.2) is 0 Å². The Morgan fingerprint density at radius 2 is 1.81 bits per heavy atom. The van der Waals surface area contributed by atoms with Crippen molar-refractivity contribution in [1.29, 1.82) is 0 Å². The van der Waals surface area contributed by atoms with Gasteiger partial charge in [0, 0.05) is 30.6 Å². The van der Waals surface area contributed by atoms with Crippen molar-refractivity contribution in [3.05, 3.63) is 63.8 Å². The second-order valence-electron chi connectivity index (χ2n) is 7.91. The first-order valence-electron chi connectivity index (χ1n) is 10.2. The van der Waals surface area contributed by atoms with Crippen LogP contribution in [0.5, 0.6) is 0 Å². The number of anilines is 1. The molecule has 170 valence electrons. The zero-order chi connectivity index (χ0) is 22.2. The summed E-state index contributed by atoms with van der Waals surface area (Å²) in [6.45, 7) is 3.06. The molecule has 0 aliphatic carbocycles. The molecule has 0 spiro atoms. The fourth-order valence-electron chi connectivity index (χ4n) is 4.38. The maximum atomic E-state index is 13.6. The average Bonchev–Trinajstić information content (AvgIpc) is 3.21. The van der Waals surface area contributed by atoms with E-state index in [1.807, 2.05) is 37.4 Å². The summed E-state index contributed by atoms with van der Waals surface area (Å²) in [5.74, 6) is -0.259. The summed E-state index contributed by atoms with van der Waals surface area (Å²) >= 11 is 12.5. The summed E-state index contributed by atoms with van der Waals surface area (Å²) in [6, 6.07) is 13.0. The van der Waals surface area contributed by atoms with Gasteiger partial charge in [-0.2, -0.15) is 0 Å². The number of H-pyrrole nitrogens is 1. The number of nitrogens with one attached hydrogen (secondary N) is 3. The first kappa shape index (κ1) is 24.4. The molecule has 2 aromatic carbocycles. The van der Waals surface area contributed by atoms with Crippen LogP contribution in [0.1, 0.15) is 35.8 Å². The molecular weight excluding hydrogens is 471 g/mol. The highest BCUT2D eigenvalue weighted by molar-refractivity contribution is 6.45. The molecule has 0 radical (unpaired) electrons. The number of aromatic amines is 1. The Bertz CT molecular complexity index is 1160. The van der Waals surface area contributed by atoms with Crippen molar-refractivity contribution in [2.45, 2.75) is 25.3 Å². The fraction of sp³-hybridized carbons (Fsp3) is 0.304. The van der Waals surface area contributed by atoms with Crippen molar-refractivity contribution in [3.63, 3.8) is 0 Å². The first-order chi connectivity index (χ1) is 14.8. The summed E-state index contributed by atoms with van der Waals surface area (Å²) in [7, 11) is 1.83. The van der Waals surface area contributed by atoms with Gasteiger partial charge in [-0.3, -0.25) is 9.59 Å². The van der Waals surface area contributed by atoms with Crippen molar-refractivity contribution in [1.82, 2.24) is 15.2 Å². The van der Waals surface area contributed by atoms with Crippen molar-refractivity contribution in [3.8, 4) is 0 Å². The number of hydrogen-bond donors (Lipinski definition) is 3. The van der Waals surface area contributed by atoms with Gasteiger partial charge in [0.15, 0.2) is 0 Å². The SMILES string of the molecule is CC(=O)Nc1cccc(C2(N(C)C(=O)c3cc4c(Cl)c(Cl)ccc4[nH]3)CCNCC2)c1.Cl. The Kier molecular flexibility index (Phi) is 7.40. The van der Waals surface area contributed by atoms with Crippen LogP contribution in [0.15, 0.2) is 42.5 Å². The number of carbonyl (C=O) groups excluding carboxylic acids is 2. The minimum absolute atomic E-state index is 0. The predicted molar refractivity (Wildman–Crippen MR) is 132 cm³/mol. The van der Waals surface area contributed by atoms with Crippen LogP contribution < -0.4 is 10.6 Å². The standard InChI is InChI=1S/C23H24Cl2N4O2.ClH/c1-14(30)27-16-5-3-4-15(12-16)23(8-10-26-11-9-23)29(2)22(31)20-13-17-19(28-20)7-6-18(24)21(17)25;/h3-7,12-13,26,28H,8-11H2,1-2H3,(H,27,30);1H. The molecule has 0 atom stereocenters. The van der Waals surface area contributed by atoms with Gasteiger partial charge in [0.25, 0.3) is 5.91 Å². The van der Waals surface area contributed by atoms with Crippen LogP contribution in [0.2, 0.25) is 10.0 Å². The lowest BCUT2D eigenvalue weighted by atomic mass is 9.79. The van der Waals surface area contributed by atoms with E-state index in [1.165, 1.54) is 6.92 Å². The normalized spacial score (nSPS) is 15.1. The monoisotopic (exact) mass is 494 g/mol. The molecule has 1 aromatic heterocycles. The second-order valence-corrected chi connectivity index (χ2v) is 8.70. The van der Waals surface area contributed by atoms with Crippen LogP contribution in [0.4, 0.5) is 5.69 Å². The highest BCUT2D eigenvalue weighted by Gasteiger charge is 2.41. The molecule has 0 saturated carbocycles. The lowest BCUT2D eigenvalue weighted by Gasteiger charge is -2.45. The lowest BCUT2D eigenvalue weighted by molar-refractivity contribution is -0.114. The van der Waals surface area contributed by atoms with E-state index in [0.29, 0.717) is 15.7 Å². The summed E-state index contributed by atoms with van der Waals surface area (Å²) in [5.41, 5.74) is 2.43. The Morgan fingerprint density at radius 3 is 2.50 bits per heavy atom. The van der Waals surface area contributed by atoms with Gasteiger partial charge in [0.2, 0.25) is 5.91 Å². The number of benzene rings is 2. The molecular formula is C23H25Cl3N4O2. The predicted octanol–water partition coefficient (Wildman–Crippen LogP) is 5.21. The van der Waals surface area contributed by atoms with Gasteiger partial charge in [0.05, 0.1) is 15.6 Å². The molecule has 9 heteroatoms. The summed E-state index contributed by atoms with van der Waals surface area (Å²) in [5, 5.41) is 7.81. The minimum Gasteiger partial charge on any atom is -0.350 e. The maximum Gasteiger partial charge on any atom is 0.270 e. The third-order valence-electron chi connectivity index (χ3n) is 6.02. The zero-order valence-electron chi connectivity index (χ0n) is 17.8. The van der Waals surface area contributed by atoms with E-state index in [9.17, 15) is 9.59 Å². The number of piperidine rings is 1. The van der Waals surface area contributed by atoms with Crippen LogP contribution in [0, 0.1) is 0 Å². The third-order valence-corrected chi connectivity index (χ3v) is 6.84. The van der Waals surface area contributed by atoms with Gasteiger partial charge in [-0.1, -0.05) is 35.3 Å². The van der Waals surface area contributed by atoms with Crippen LogP contribution in [-0.2, 0) is 10.3 Å². The number of hydrogen-bond acceptors (Lipinski definition) is 3. The molecule has 0 unspecified atom stereocenters. The second kappa shape index (κ2) is 9.71. The molecule has 1 saturated heterocycles. The molecule has 1 aliphatic rings. The molecule has 0 bridgehead atoms. The number of halogens is 3. The summed E-state index contributed by atoms with van der Waals surface area (Å²) < 4.78 is 0. The molecule has 6 nitrogen and oxygen atoms in total. The molecule has 3 N–H and O–H groups in total. The van der Waals surface area contributed by atoms with Crippen molar-refractivity contribution in [2.75, 3.05) is 25.5 Å². The largest absolute Gasteiger partial charge is 0.350 e. The zero-order valence-corrected chi connectivity index (χ0v) is 20.1. The number of amides is 2. The van der Waals surface area contributed by atoms with E-state index >= 15 is 0 Å². The maximum absolute atomic E-state index is 13.6. The molecule has 32 heavy (non-hydrogen) atoms. The van der Waals surface area contributed by atoms with Crippen molar-refractivity contribution < 1.29 is 9.59 Å². The van der Waals surface area contributed by atoms with E-state index in [2.05, 4.69) is 15.6 Å². The molecule has 2 amide bonds. The average molecular weight is 496 g/mol. The van der Waals surface area contributed by atoms with E-state index in [4.69, 9.17) is 23.2 Å². The quantitative estimate of drug-likeness (QED) is 0.465. The topological polar surface area (TPSA) is 77.2 Å². The third kappa shape index (κ3) is 4.46. The molecule has 2 heterocycles. The number of aromatic nitrogens is 1. The Labute approximate surface area is 203 Å². The molecule has 4 rings (SSSR count). The number of carbonyl (C=O) groups is 2. The summed E-state index contributed by atoms with van der Waals surface area (Å²) in [6.07, 6.45) is 1.51. The minimum atomic E-state index is -0.504. The highest BCUT2D eigenvalue weighted by Crippen LogP contribution is 2.39. The van der Waals surface area contributed by atoms with E-state index < -0.39 is 5.54 Å². The van der Waals surface area contributed by atoms with Crippen molar-refractivity contribution in [2.24, 2.45) is 0 Å². The molecule has 1 fully saturated rings. The van der Waals surface area contributed by atoms with E-state index in [-0.39, 0.29) is 24.2 Å². The first-order valence-corrected chi connectivity index (χ1v) is 10.9. The number of fused-ring (bicyclic) bond motifs is 1. The Morgan fingerprint density at radius 1 is 1.09 bits per heavy atom. The fourth-order valence-corrected chi connectivity index (χ4v) is 4.76. The van der Waals surface area contributed by atoms with Gasteiger partial charge in [-0.05, 0) is 61.8 Å².